The van der Waals surface area contributed by atoms with E-state index in [0.717, 1.165) is 10.1 Å². The molecule has 1 aromatic rings. The molecule has 0 spiro atoms. The van der Waals surface area contributed by atoms with E-state index in [9.17, 15) is 10.4 Å². The van der Waals surface area contributed by atoms with Gasteiger partial charge in [-0.25, -0.2) is 10.1 Å². The Morgan fingerprint density at radius 1 is 0.875 bits per heavy atom. The molecule has 1 aliphatic heterocycles. The normalized spacial score (nSPS) is 24.5. The molecule has 16 heavy (non-hydrogen) atoms. The van der Waals surface area contributed by atoms with Gasteiger partial charge < -0.3 is 10.2 Å². The summed E-state index contributed by atoms with van der Waals surface area (Å²) in [6.07, 6.45) is 0. The van der Waals surface area contributed by atoms with Gasteiger partial charge in [-0.3, -0.25) is 10.4 Å². The quantitative estimate of drug-likeness (QED) is 0.559. The monoisotopic (exact) mass is 226 g/mol. The molecule has 1 aliphatic rings. The number of aliphatic hydroxyl groups excluding tert-OH is 2. The summed E-state index contributed by atoms with van der Waals surface area (Å²) in [6.45, 7) is -0.736. The Kier molecular flexibility index (Phi) is 2.97. The highest BCUT2D eigenvalue weighted by Gasteiger charge is 2.37. The van der Waals surface area contributed by atoms with E-state index in [4.69, 9.17) is 10.2 Å². The van der Waals surface area contributed by atoms with Crippen LogP contribution in [-0.4, -0.2) is 45.9 Å². The van der Waals surface area contributed by atoms with E-state index >= 15 is 0 Å². The third-order valence-electron chi connectivity index (χ3n) is 2.82. The summed E-state index contributed by atoms with van der Waals surface area (Å²) in [4.78, 5) is 0. The first-order chi connectivity index (χ1) is 7.70. The molecule has 0 aromatic heterocycles. The van der Waals surface area contributed by atoms with Crippen molar-refractivity contribution in [1.29, 1.82) is 0 Å². The SMILES string of the molecule is OC[C@@H]1[C@@H](CO)N(O)c2ccccc2N1O. The van der Waals surface area contributed by atoms with Crippen LogP contribution in [0.15, 0.2) is 24.3 Å². The minimum Gasteiger partial charge on any atom is -0.394 e. The number of hydrogen-bond donors (Lipinski definition) is 4. The van der Waals surface area contributed by atoms with E-state index in [2.05, 4.69) is 0 Å². The van der Waals surface area contributed by atoms with E-state index < -0.39 is 12.1 Å². The van der Waals surface area contributed by atoms with Crippen LogP contribution in [0.4, 0.5) is 11.4 Å². The lowest BCUT2D eigenvalue weighted by Gasteiger charge is -2.42. The lowest BCUT2D eigenvalue weighted by Crippen LogP contribution is -2.57. The molecule has 0 aliphatic carbocycles. The Labute approximate surface area is 92.5 Å². The van der Waals surface area contributed by atoms with Gasteiger partial charge in [0.25, 0.3) is 0 Å². The van der Waals surface area contributed by atoms with Crippen LogP contribution in [0.1, 0.15) is 0 Å². The van der Waals surface area contributed by atoms with Gasteiger partial charge >= 0.3 is 0 Å². The summed E-state index contributed by atoms with van der Waals surface area (Å²) in [5.41, 5.74) is 0.794. The number of nitrogens with zero attached hydrogens (tertiary/aromatic N) is 2. The van der Waals surface area contributed by atoms with Crippen molar-refractivity contribution in [3.63, 3.8) is 0 Å². The zero-order chi connectivity index (χ0) is 11.7. The van der Waals surface area contributed by atoms with E-state index in [-0.39, 0.29) is 13.2 Å². The first-order valence-corrected chi connectivity index (χ1v) is 4.97. The van der Waals surface area contributed by atoms with Crippen LogP contribution in [0.5, 0.6) is 0 Å². The zero-order valence-electron chi connectivity index (χ0n) is 8.56. The summed E-state index contributed by atoms with van der Waals surface area (Å²) >= 11 is 0. The molecular weight excluding hydrogens is 212 g/mol. The Hall–Kier alpha value is -1.34. The Morgan fingerprint density at radius 3 is 1.56 bits per heavy atom. The summed E-state index contributed by atoms with van der Waals surface area (Å²) in [5, 5.41) is 39.8. The molecule has 6 heteroatoms. The average Bonchev–Trinajstić information content (AvgIpc) is 2.33. The number of hydroxylamine groups is 2. The molecule has 0 fully saturated rings. The third-order valence-corrected chi connectivity index (χ3v) is 2.82. The molecule has 0 bridgehead atoms. The number of hydrogen-bond acceptors (Lipinski definition) is 6. The van der Waals surface area contributed by atoms with Crippen molar-refractivity contribution in [2.45, 2.75) is 12.1 Å². The summed E-state index contributed by atoms with van der Waals surface area (Å²) in [6, 6.07) is 5.14. The van der Waals surface area contributed by atoms with Crippen molar-refractivity contribution in [2.24, 2.45) is 0 Å². The maximum atomic E-state index is 9.86. The molecule has 0 radical (unpaired) electrons. The highest BCUT2D eigenvalue weighted by atomic mass is 16.5. The van der Waals surface area contributed by atoms with Gasteiger partial charge in [-0.15, -0.1) is 0 Å². The molecule has 1 aromatic carbocycles. The Bertz CT molecular complexity index is 339. The van der Waals surface area contributed by atoms with Crippen LogP contribution < -0.4 is 10.1 Å². The van der Waals surface area contributed by atoms with E-state index in [0.29, 0.717) is 11.4 Å². The number of para-hydroxylation sites is 2. The maximum Gasteiger partial charge on any atom is 0.104 e. The van der Waals surface area contributed by atoms with Gasteiger partial charge in [0.15, 0.2) is 0 Å². The predicted molar refractivity (Wildman–Crippen MR) is 56.7 cm³/mol. The standard InChI is InChI=1S/C10H14N2O4/c13-5-9-10(6-14)12(16)8-4-2-1-3-7(8)11(9)15/h1-4,9-10,13-16H,5-6H2/t9-,10-/m1/s1. The molecule has 6 nitrogen and oxygen atoms in total. The second-order valence-electron chi connectivity index (χ2n) is 3.68. The highest BCUT2D eigenvalue weighted by Crippen LogP contribution is 2.35. The van der Waals surface area contributed by atoms with Crippen LogP contribution in [0.2, 0.25) is 0 Å². The van der Waals surface area contributed by atoms with Gasteiger partial charge in [0.1, 0.15) is 12.1 Å². The first kappa shape index (κ1) is 11.2. The first-order valence-electron chi connectivity index (χ1n) is 4.97. The fourth-order valence-electron chi connectivity index (χ4n) is 1.93. The number of aliphatic hydroxyl groups is 2. The van der Waals surface area contributed by atoms with Crippen molar-refractivity contribution in [3.05, 3.63) is 24.3 Å². The lowest BCUT2D eigenvalue weighted by atomic mass is 10.0. The van der Waals surface area contributed by atoms with Crippen LogP contribution in [0, 0.1) is 0 Å². The van der Waals surface area contributed by atoms with E-state index in [1.54, 1.807) is 24.3 Å². The molecule has 0 unspecified atom stereocenters. The van der Waals surface area contributed by atoms with Crippen LogP contribution in [0.3, 0.4) is 0 Å². The molecular formula is C10H14N2O4. The maximum absolute atomic E-state index is 9.86. The smallest absolute Gasteiger partial charge is 0.104 e. The van der Waals surface area contributed by atoms with E-state index in [1.165, 1.54) is 0 Å². The van der Waals surface area contributed by atoms with Gasteiger partial charge in [0.2, 0.25) is 0 Å². The summed E-state index contributed by atoms with van der Waals surface area (Å²) < 4.78 is 0. The van der Waals surface area contributed by atoms with Crippen molar-refractivity contribution >= 4 is 11.4 Å². The number of anilines is 2. The topological polar surface area (TPSA) is 87.4 Å². The average molecular weight is 226 g/mol. The number of rotatable bonds is 2. The summed E-state index contributed by atoms with van der Waals surface area (Å²) in [5.74, 6) is 0. The highest BCUT2D eigenvalue weighted by molar-refractivity contribution is 5.72. The van der Waals surface area contributed by atoms with Crippen molar-refractivity contribution in [1.82, 2.24) is 0 Å². The lowest BCUT2D eigenvalue weighted by molar-refractivity contribution is 0.0711. The Morgan fingerprint density at radius 2 is 1.25 bits per heavy atom. The predicted octanol–water partition coefficient (Wildman–Crippen LogP) is -0.187. The fraction of sp³-hybridized carbons (Fsp3) is 0.400. The van der Waals surface area contributed by atoms with Crippen LogP contribution in [-0.2, 0) is 0 Å². The molecule has 1 heterocycles. The molecule has 88 valence electrons. The molecule has 4 N–H and O–H groups in total. The largest absolute Gasteiger partial charge is 0.394 e. The zero-order valence-corrected chi connectivity index (χ0v) is 8.56. The van der Waals surface area contributed by atoms with Crippen molar-refractivity contribution in [3.8, 4) is 0 Å². The molecule has 0 saturated heterocycles. The fourth-order valence-corrected chi connectivity index (χ4v) is 1.93. The van der Waals surface area contributed by atoms with Crippen molar-refractivity contribution in [2.75, 3.05) is 23.3 Å². The van der Waals surface area contributed by atoms with Gasteiger partial charge in [0, 0.05) is 0 Å². The van der Waals surface area contributed by atoms with E-state index in [1.807, 2.05) is 0 Å². The second-order valence-corrected chi connectivity index (χ2v) is 3.68. The van der Waals surface area contributed by atoms with Gasteiger partial charge in [-0.2, -0.15) is 0 Å². The molecule has 2 atom stereocenters. The minimum atomic E-state index is -0.759. The van der Waals surface area contributed by atoms with Crippen LogP contribution >= 0.6 is 0 Å². The van der Waals surface area contributed by atoms with Gasteiger partial charge in [0.05, 0.1) is 24.6 Å². The second kappa shape index (κ2) is 4.26. The summed E-state index contributed by atoms with van der Waals surface area (Å²) in [7, 11) is 0. The molecule has 0 amide bonds. The minimum absolute atomic E-state index is 0.368. The number of fused-ring (bicyclic) bond motifs is 1. The van der Waals surface area contributed by atoms with Gasteiger partial charge in [-0.1, -0.05) is 12.1 Å². The molecule has 2 rings (SSSR count). The van der Waals surface area contributed by atoms with Crippen LogP contribution in [0.25, 0.3) is 0 Å². The van der Waals surface area contributed by atoms with Crippen molar-refractivity contribution < 1.29 is 20.6 Å². The molecule has 0 saturated carbocycles. The third kappa shape index (κ3) is 1.52. The number of benzene rings is 1. The van der Waals surface area contributed by atoms with Gasteiger partial charge in [-0.05, 0) is 12.1 Å². The Balaban J connectivity index is 2.46.